The first-order chi connectivity index (χ1) is 13.4. The van der Waals surface area contributed by atoms with Crippen LogP contribution in [0.5, 0.6) is 0 Å². The molecule has 28 heavy (non-hydrogen) atoms. The van der Waals surface area contributed by atoms with Crippen molar-refractivity contribution in [2.45, 2.75) is 20.8 Å². The number of aromatic nitrogens is 1. The third kappa shape index (κ3) is 4.08. The van der Waals surface area contributed by atoms with E-state index in [-0.39, 0.29) is 5.57 Å². The van der Waals surface area contributed by atoms with E-state index in [1.807, 2.05) is 81.4 Å². The number of nitrogens with zero attached hydrogens (tertiary/aromatic N) is 2. The maximum atomic E-state index is 12.6. The van der Waals surface area contributed by atoms with E-state index in [0.717, 1.165) is 32.7 Å². The lowest BCUT2D eigenvalue weighted by Crippen LogP contribution is -2.14. The van der Waals surface area contributed by atoms with Crippen molar-refractivity contribution in [3.8, 4) is 11.8 Å². The quantitative estimate of drug-likeness (QED) is 0.422. The molecule has 0 fully saturated rings. The van der Waals surface area contributed by atoms with Gasteiger partial charge in [-0.1, -0.05) is 34.1 Å². The number of hydrogen-bond donors (Lipinski definition) is 1. The zero-order chi connectivity index (χ0) is 20.3. The normalized spacial score (nSPS) is 11.2. The van der Waals surface area contributed by atoms with E-state index in [9.17, 15) is 10.1 Å². The van der Waals surface area contributed by atoms with Gasteiger partial charge in [0.1, 0.15) is 11.6 Å². The summed E-state index contributed by atoms with van der Waals surface area (Å²) in [5.74, 6) is -0.412. The van der Waals surface area contributed by atoms with Gasteiger partial charge in [0.05, 0.1) is 0 Å². The minimum Gasteiger partial charge on any atom is -0.321 e. The molecule has 0 aliphatic rings. The Morgan fingerprint density at radius 1 is 1.11 bits per heavy atom. The molecule has 0 saturated carbocycles. The molecule has 140 valence electrons. The Balaban J connectivity index is 1.94. The first kappa shape index (κ1) is 19.7. The second-order valence-electron chi connectivity index (χ2n) is 6.58. The molecule has 0 radical (unpaired) electrons. The van der Waals surface area contributed by atoms with Crippen LogP contribution in [0, 0.1) is 32.1 Å². The van der Waals surface area contributed by atoms with Gasteiger partial charge in [-0.15, -0.1) is 0 Å². The van der Waals surface area contributed by atoms with Gasteiger partial charge >= 0.3 is 0 Å². The number of amides is 1. The summed E-state index contributed by atoms with van der Waals surface area (Å²) in [6.07, 6.45) is 1.64. The van der Waals surface area contributed by atoms with Crippen LogP contribution in [-0.4, -0.2) is 10.5 Å². The van der Waals surface area contributed by atoms with Gasteiger partial charge in [0.15, 0.2) is 0 Å². The minimum absolute atomic E-state index is 0.0688. The second kappa shape index (κ2) is 8.28. The van der Waals surface area contributed by atoms with Gasteiger partial charge in [-0.3, -0.25) is 4.79 Å². The highest BCUT2D eigenvalue weighted by molar-refractivity contribution is 9.10. The number of hydrogen-bond acceptors (Lipinski definition) is 2. The van der Waals surface area contributed by atoms with Crippen molar-refractivity contribution >= 4 is 33.6 Å². The van der Waals surface area contributed by atoms with Gasteiger partial charge in [-0.25, -0.2) is 0 Å². The van der Waals surface area contributed by atoms with Crippen molar-refractivity contribution in [2.75, 3.05) is 5.32 Å². The molecule has 3 aromatic rings. The van der Waals surface area contributed by atoms with E-state index in [0.29, 0.717) is 5.69 Å². The number of halogens is 1. The number of rotatable bonds is 4. The van der Waals surface area contributed by atoms with E-state index in [2.05, 4.69) is 25.8 Å². The predicted octanol–water partition coefficient (Wildman–Crippen LogP) is 5.71. The van der Waals surface area contributed by atoms with Gasteiger partial charge in [0.25, 0.3) is 5.91 Å². The molecule has 0 spiro atoms. The molecule has 0 unspecified atom stereocenters. The fourth-order valence-corrected chi connectivity index (χ4v) is 3.39. The lowest BCUT2D eigenvalue weighted by Gasteiger charge is -2.10. The Labute approximate surface area is 173 Å². The second-order valence-corrected chi connectivity index (χ2v) is 7.49. The standard InChI is InChI=1S/C23H20BrN3O/c1-15-6-4-5-7-22(15)26-23(28)19(14-25)13-18-12-16(2)27(17(18)3)21-10-8-20(24)9-11-21/h4-13H,1-3H3,(H,26,28)/b19-13+. The summed E-state index contributed by atoms with van der Waals surface area (Å²) in [5, 5.41) is 12.3. The van der Waals surface area contributed by atoms with E-state index in [1.165, 1.54) is 0 Å². The van der Waals surface area contributed by atoms with Crippen molar-refractivity contribution < 1.29 is 4.79 Å². The molecule has 4 nitrogen and oxygen atoms in total. The highest BCUT2D eigenvalue weighted by Gasteiger charge is 2.14. The molecule has 0 aliphatic heterocycles. The maximum Gasteiger partial charge on any atom is 0.266 e. The Hall–Kier alpha value is -3.10. The number of benzene rings is 2. The number of nitrogens with one attached hydrogen (secondary N) is 1. The van der Waals surface area contributed by atoms with Gasteiger partial charge in [0.2, 0.25) is 0 Å². The summed E-state index contributed by atoms with van der Waals surface area (Å²) in [7, 11) is 0. The topological polar surface area (TPSA) is 57.8 Å². The fourth-order valence-electron chi connectivity index (χ4n) is 3.13. The number of nitriles is 1. The fraction of sp³-hybridized carbons (Fsp3) is 0.130. The molecule has 0 aliphatic carbocycles. The van der Waals surface area contributed by atoms with E-state index in [4.69, 9.17) is 0 Å². The largest absolute Gasteiger partial charge is 0.321 e. The summed E-state index contributed by atoms with van der Waals surface area (Å²) in [5.41, 5.74) is 5.59. The molecule has 0 bridgehead atoms. The first-order valence-electron chi connectivity index (χ1n) is 8.84. The number of aryl methyl sites for hydroxylation is 2. The summed E-state index contributed by atoms with van der Waals surface area (Å²) >= 11 is 3.45. The zero-order valence-corrected chi connectivity index (χ0v) is 17.5. The summed E-state index contributed by atoms with van der Waals surface area (Å²) in [6, 6.07) is 19.5. The summed E-state index contributed by atoms with van der Waals surface area (Å²) in [6.45, 7) is 5.90. The number of para-hydroxylation sites is 1. The van der Waals surface area contributed by atoms with Crippen LogP contribution in [0.15, 0.2) is 64.6 Å². The van der Waals surface area contributed by atoms with Gasteiger partial charge in [-0.2, -0.15) is 5.26 Å². The first-order valence-corrected chi connectivity index (χ1v) is 9.63. The SMILES string of the molecule is Cc1ccccc1NC(=O)/C(C#N)=C/c1cc(C)n(-c2ccc(Br)cc2)c1C. The molecule has 1 N–H and O–H groups in total. The highest BCUT2D eigenvalue weighted by Crippen LogP contribution is 2.24. The van der Waals surface area contributed by atoms with Gasteiger partial charge < -0.3 is 9.88 Å². The number of carbonyl (C=O) groups excluding carboxylic acids is 1. The Bertz CT molecular complexity index is 1100. The third-order valence-corrected chi connectivity index (χ3v) is 5.14. The smallest absolute Gasteiger partial charge is 0.266 e. The molecule has 5 heteroatoms. The van der Waals surface area contributed by atoms with Crippen molar-refractivity contribution in [3.63, 3.8) is 0 Å². The highest BCUT2D eigenvalue weighted by atomic mass is 79.9. The molecule has 1 aromatic heterocycles. The van der Waals surface area contributed by atoms with Crippen LogP contribution in [-0.2, 0) is 4.79 Å². The summed E-state index contributed by atoms with van der Waals surface area (Å²) in [4.78, 5) is 12.6. The van der Waals surface area contributed by atoms with Crippen LogP contribution < -0.4 is 5.32 Å². The van der Waals surface area contributed by atoms with E-state index >= 15 is 0 Å². The van der Waals surface area contributed by atoms with Crippen LogP contribution in [0.25, 0.3) is 11.8 Å². The lowest BCUT2D eigenvalue weighted by atomic mass is 10.1. The third-order valence-electron chi connectivity index (χ3n) is 4.61. The van der Waals surface area contributed by atoms with Crippen molar-refractivity contribution in [3.05, 3.63) is 87.2 Å². The van der Waals surface area contributed by atoms with E-state index < -0.39 is 5.91 Å². The molecule has 0 saturated heterocycles. The molecule has 3 rings (SSSR count). The molecular formula is C23H20BrN3O. The molecule has 1 amide bonds. The molecular weight excluding hydrogens is 414 g/mol. The van der Waals surface area contributed by atoms with Crippen molar-refractivity contribution in [1.82, 2.24) is 4.57 Å². The van der Waals surface area contributed by atoms with Gasteiger partial charge in [-0.05, 0) is 74.4 Å². The Kier molecular flexibility index (Phi) is 5.81. The number of anilines is 1. The molecule has 2 aromatic carbocycles. The monoisotopic (exact) mass is 433 g/mol. The maximum absolute atomic E-state index is 12.6. The van der Waals surface area contributed by atoms with Crippen molar-refractivity contribution in [1.29, 1.82) is 5.26 Å². The molecule has 0 atom stereocenters. The minimum atomic E-state index is -0.412. The number of carbonyl (C=O) groups is 1. The zero-order valence-electron chi connectivity index (χ0n) is 16.0. The Morgan fingerprint density at radius 2 is 1.79 bits per heavy atom. The van der Waals surface area contributed by atoms with Crippen LogP contribution in [0.4, 0.5) is 5.69 Å². The average Bonchev–Trinajstić information content (AvgIpc) is 2.95. The van der Waals surface area contributed by atoms with Crippen LogP contribution in [0.2, 0.25) is 0 Å². The molecule has 1 heterocycles. The Morgan fingerprint density at radius 3 is 2.43 bits per heavy atom. The van der Waals surface area contributed by atoms with E-state index in [1.54, 1.807) is 6.08 Å². The predicted molar refractivity (Wildman–Crippen MR) is 116 cm³/mol. The van der Waals surface area contributed by atoms with Crippen LogP contribution in [0.3, 0.4) is 0 Å². The van der Waals surface area contributed by atoms with Crippen molar-refractivity contribution in [2.24, 2.45) is 0 Å². The van der Waals surface area contributed by atoms with Crippen LogP contribution in [0.1, 0.15) is 22.5 Å². The van der Waals surface area contributed by atoms with Gasteiger partial charge in [0, 0.05) is 27.2 Å². The summed E-state index contributed by atoms with van der Waals surface area (Å²) < 4.78 is 3.12. The lowest BCUT2D eigenvalue weighted by molar-refractivity contribution is -0.112. The van der Waals surface area contributed by atoms with Crippen LogP contribution >= 0.6 is 15.9 Å². The average molecular weight is 434 g/mol.